The van der Waals surface area contributed by atoms with Crippen LogP contribution in [0.15, 0.2) is 0 Å². The Morgan fingerprint density at radius 2 is 0.875 bits per heavy atom. The molecular formula is C42H70N10O12. The number of nitrogens with one attached hydrogen (secondary N) is 4. The fourth-order valence-electron chi connectivity index (χ4n) is 8.10. The van der Waals surface area contributed by atoms with Crippen molar-refractivity contribution in [3.8, 4) is 0 Å². The normalized spacial score (nSPS) is 27.4. The van der Waals surface area contributed by atoms with E-state index >= 15 is 0 Å². The molecule has 8 amide bonds. The highest BCUT2D eigenvalue weighted by molar-refractivity contribution is 5.95. The first-order valence-electron chi connectivity index (χ1n) is 22.0. The van der Waals surface area contributed by atoms with Gasteiger partial charge in [0.25, 0.3) is 0 Å². The summed E-state index contributed by atoms with van der Waals surface area (Å²) in [6.45, 7) is 4.56. The van der Waals surface area contributed by atoms with Crippen molar-refractivity contribution in [2.45, 2.75) is 102 Å². The second-order valence-corrected chi connectivity index (χ2v) is 17.4. The fraction of sp³-hybridized carbons (Fsp3) is 0.762. The second kappa shape index (κ2) is 24.6. The minimum Gasteiger partial charge on any atom is -0.462 e. The molecular weight excluding hydrogens is 837 g/mol. The molecule has 0 aromatic carbocycles. The van der Waals surface area contributed by atoms with Crippen LogP contribution in [0.25, 0.3) is 0 Å². The SMILES string of the molecule is CN[C@@H]1COC(=O)[C@H](C(C)C)N(C)C(=O)CN(C)C(=O)CNC(=O)[C@@H]2CCCCN2C(=O)[C@H](NC)COC(=O)[C@H](C(C)C)N(C)C(=O)CN(C)C(=O)CNC(=O)[C@@H]2CCCCN2C1=O. The van der Waals surface area contributed by atoms with Crippen molar-refractivity contribution in [3.63, 3.8) is 0 Å². The molecule has 0 aromatic heterocycles. The van der Waals surface area contributed by atoms with E-state index < -0.39 is 147 Å². The molecule has 3 rings (SSSR count). The van der Waals surface area contributed by atoms with Gasteiger partial charge < -0.3 is 60.1 Å². The molecule has 0 spiro atoms. The summed E-state index contributed by atoms with van der Waals surface area (Å²) in [4.78, 5) is 142. The van der Waals surface area contributed by atoms with Crippen LogP contribution in [-0.2, 0) is 57.4 Å². The summed E-state index contributed by atoms with van der Waals surface area (Å²) in [6, 6.07) is -6.22. The molecule has 0 unspecified atom stereocenters. The minimum atomic E-state index is -1.10. The number of hydrogen-bond acceptors (Lipinski definition) is 14. The number of fused-ring (bicyclic) bond motifs is 2. The maximum Gasteiger partial charge on any atom is 0.329 e. The number of nitrogens with zero attached hydrogens (tertiary/aromatic N) is 6. The molecule has 0 aliphatic carbocycles. The van der Waals surface area contributed by atoms with Crippen LogP contribution < -0.4 is 21.3 Å². The number of hydrogen-bond donors (Lipinski definition) is 4. The van der Waals surface area contributed by atoms with Crippen LogP contribution in [0.5, 0.6) is 0 Å². The first-order valence-corrected chi connectivity index (χ1v) is 22.0. The zero-order valence-electron chi connectivity index (χ0n) is 39.1. The lowest BCUT2D eigenvalue weighted by molar-refractivity contribution is -0.159. The zero-order chi connectivity index (χ0) is 48.0. The summed E-state index contributed by atoms with van der Waals surface area (Å²) < 4.78 is 11.2. The Hall–Kier alpha value is -5.38. The average molecular weight is 907 g/mol. The quantitative estimate of drug-likeness (QED) is 0.207. The maximum absolute atomic E-state index is 13.9. The predicted molar refractivity (Wildman–Crippen MR) is 230 cm³/mol. The average Bonchev–Trinajstić information content (AvgIpc) is 3.26. The summed E-state index contributed by atoms with van der Waals surface area (Å²) in [5.41, 5.74) is 0. The van der Waals surface area contributed by atoms with Crippen molar-refractivity contribution in [2.75, 3.05) is 94.8 Å². The molecule has 6 atom stereocenters. The first-order chi connectivity index (χ1) is 30.2. The number of cyclic esters (lactones) is 2. The van der Waals surface area contributed by atoms with E-state index in [9.17, 15) is 47.9 Å². The van der Waals surface area contributed by atoms with E-state index in [1.54, 1.807) is 27.7 Å². The summed E-state index contributed by atoms with van der Waals surface area (Å²) in [5, 5.41) is 10.9. The fourth-order valence-corrected chi connectivity index (χ4v) is 8.10. The Kier molecular flexibility index (Phi) is 20.4. The molecule has 4 N–H and O–H groups in total. The van der Waals surface area contributed by atoms with Gasteiger partial charge in [0.2, 0.25) is 47.3 Å². The molecule has 3 aliphatic rings. The van der Waals surface area contributed by atoms with Crippen molar-refractivity contribution in [3.05, 3.63) is 0 Å². The minimum absolute atomic E-state index is 0.226. The molecule has 22 heteroatoms. The number of amides is 8. The maximum atomic E-state index is 13.9. The van der Waals surface area contributed by atoms with Crippen molar-refractivity contribution >= 4 is 59.2 Å². The van der Waals surface area contributed by atoms with Crippen molar-refractivity contribution in [1.82, 2.24) is 50.7 Å². The summed E-state index contributed by atoms with van der Waals surface area (Å²) in [5.74, 6) is -7.11. The van der Waals surface area contributed by atoms with E-state index in [0.717, 1.165) is 19.6 Å². The van der Waals surface area contributed by atoms with Crippen LogP contribution in [0.3, 0.4) is 0 Å². The first kappa shape index (κ1) is 53.0. The highest BCUT2D eigenvalue weighted by Gasteiger charge is 2.40. The molecule has 0 bridgehead atoms. The molecule has 22 nitrogen and oxygen atoms in total. The Bertz CT molecular complexity index is 1610. The van der Waals surface area contributed by atoms with Gasteiger partial charge in [-0.2, -0.15) is 0 Å². The Morgan fingerprint density at radius 3 is 1.19 bits per heavy atom. The standard InChI is InChI=1S/C42H70N10O12/c1-25(2)35-41(61)63-23-27(43-5)39(59)51-17-13-11-15-29(51)37(57)46-20-32(54)48(8)22-34(56)50(10)36(26(3)4)42(62)64-24-28(44-6)40(60)52-18-14-12-16-30(52)38(58)45-19-31(53)47(7)21-33(55)49(35)9/h25-30,35-36,43-44H,11-24H2,1-10H3,(H,45,58)(H,46,57)/t27-,28-,29+,30+,35+,36+/m1/s1. The molecule has 3 heterocycles. The van der Waals surface area contributed by atoms with Gasteiger partial charge in [-0.25, -0.2) is 9.59 Å². The van der Waals surface area contributed by atoms with Crippen LogP contribution in [0.1, 0.15) is 66.2 Å². The van der Waals surface area contributed by atoms with E-state index in [4.69, 9.17) is 9.47 Å². The van der Waals surface area contributed by atoms with Gasteiger partial charge in [-0.1, -0.05) is 27.7 Å². The summed E-state index contributed by atoms with van der Waals surface area (Å²) in [6.07, 6.45) is 3.08. The van der Waals surface area contributed by atoms with Crippen LogP contribution in [0.4, 0.5) is 0 Å². The summed E-state index contributed by atoms with van der Waals surface area (Å²) in [7, 11) is 8.53. The van der Waals surface area contributed by atoms with Gasteiger partial charge in [0.1, 0.15) is 49.5 Å². The number of ether oxygens (including phenoxy) is 2. The molecule has 0 saturated carbocycles. The Labute approximate surface area is 375 Å². The molecule has 360 valence electrons. The van der Waals surface area contributed by atoms with Gasteiger partial charge >= 0.3 is 11.9 Å². The molecule has 0 aromatic rings. The van der Waals surface area contributed by atoms with E-state index in [-0.39, 0.29) is 13.1 Å². The van der Waals surface area contributed by atoms with E-state index in [2.05, 4.69) is 21.3 Å². The van der Waals surface area contributed by atoms with Crippen molar-refractivity contribution < 1.29 is 57.4 Å². The number of carbonyl (C=O) groups is 10. The van der Waals surface area contributed by atoms with Crippen molar-refractivity contribution in [2.24, 2.45) is 11.8 Å². The highest BCUT2D eigenvalue weighted by Crippen LogP contribution is 2.21. The monoisotopic (exact) mass is 907 g/mol. The molecule has 3 fully saturated rings. The van der Waals surface area contributed by atoms with Crippen LogP contribution in [-0.4, -0.2) is 220 Å². The summed E-state index contributed by atoms with van der Waals surface area (Å²) >= 11 is 0. The third-order valence-corrected chi connectivity index (χ3v) is 12.0. The lowest BCUT2D eigenvalue weighted by Gasteiger charge is -2.37. The lowest BCUT2D eigenvalue weighted by Crippen LogP contribution is -2.58. The smallest absolute Gasteiger partial charge is 0.329 e. The third kappa shape index (κ3) is 13.8. The van der Waals surface area contributed by atoms with Crippen LogP contribution in [0.2, 0.25) is 0 Å². The predicted octanol–water partition coefficient (Wildman–Crippen LogP) is -2.86. The van der Waals surface area contributed by atoms with Crippen LogP contribution in [0, 0.1) is 11.8 Å². The largest absolute Gasteiger partial charge is 0.462 e. The van der Waals surface area contributed by atoms with Gasteiger partial charge in [-0.05, 0) is 64.5 Å². The van der Waals surface area contributed by atoms with Crippen molar-refractivity contribution in [1.29, 1.82) is 0 Å². The number of rotatable bonds is 4. The zero-order valence-corrected chi connectivity index (χ0v) is 39.1. The van der Waals surface area contributed by atoms with Gasteiger partial charge in [-0.3, -0.25) is 38.4 Å². The molecule has 0 radical (unpaired) electrons. The van der Waals surface area contributed by atoms with Gasteiger partial charge in [0.05, 0.1) is 26.2 Å². The second-order valence-electron chi connectivity index (χ2n) is 17.4. The lowest BCUT2D eigenvalue weighted by atomic mass is 10.00. The Morgan fingerprint density at radius 1 is 0.531 bits per heavy atom. The van der Waals surface area contributed by atoms with Gasteiger partial charge in [0.15, 0.2) is 0 Å². The van der Waals surface area contributed by atoms with Crippen LogP contribution >= 0.6 is 0 Å². The van der Waals surface area contributed by atoms with E-state index in [1.807, 2.05) is 0 Å². The Balaban J connectivity index is 1.91. The molecule has 3 aliphatic heterocycles. The number of likely N-dealkylation sites (N-methyl/N-ethyl adjacent to an activating group) is 6. The number of piperidine rings is 2. The molecule has 3 saturated heterocycles. The van der Waals surface area contributed by atoms with Gasteiger partial charge in [-0.15, -0.1) is 0 Å². The number of carbonyl (C=O) groups excluding carboxylic acids is 10. The third-order valence-electron chi connectivity index (χ3n) is 12.0. The molecule has 64 heavy (non-hydrogen) atoms. The highest BCUT2D eigenvalue weighted by atomic mass is 16.5. The number of esters is 2. The topological polar surface area (TPSA) is 257 Å². The van der Waals surface area contributed by atoms with E-state index in [0.29, 0.717) is 38.5 Å². The van der Waals surface area contributed by atoms with Gasteiger partial charge in [0, 0.05) is 41.3 Å². The van der Waals surface area contributed by atoms with E-state index in [1.165, 1.54) is 52.1 Å².